The zero-order chi connectivity index (χ0) is 43.7. The van der Waals surface area contributed by atoms with Gasteiger partial charge in [-0.1, -0.05) is 127 Å². The van der Waals surface area contributed by atoms with E-state index in [4.69, 9.17) is 15.0 Å². The van der Waals surface area contributed by atoms with Crippen molar-refractivity contribution >= 4 is 66.1 Å². The van der Waals surface area contributed by atoms with Crippen molar-refractivity contribution in [2.45, 2.75) is 25.2 Å². The largest absolute Gasteiger partial charge is 0.417 e. The third kappa shape index (κ3) is 6.83. The van der Waals surface area contributed by atoms with Crippen LogP contribution in [0.5, 0.6) is 0 Å². The quantitative estimate of drug-likeness (QED) is 0.162. The van der Waals surface area contributed by atoms with Crippen LogP contribution in [0.2, 0.25) is 0 Å². The van der Waals surface area contributed by atoms with Crippen LogP contribution in [0, 0.1) is 0 Å². The predicted molar refractivity (Wildman–Crippen MR) is 244 cm³/mol. The summed E-state index contributed by atoms with van der Waals surface area (Å²) in [5, 5.41) is 3.86. The molecule has 2 aliphatic carbocycles. The second kappa shape index (κ2) is 15.2. The number of allylic oxidation sites excluding steroid dienone is 6. The van der Waals surface area contributed by atoms with Gasteiger partial charge in [0.25, 0.3) is 0 Å². The van der Waals surface area contributed by atoms with Gasteiger partial charge in [-0.3, -0.25) is 0 Å². The minimum absolute atomic E-state index is 0.115. The van der Waals surface area contributed by atoms with Crippen LogP contribution >= 0.6 is 11.3 Å². The third-order valence-corrected chi connectivity index (χ3v) is 13.0. The first-order valence-electron chi connectivity index (χ1n) is 20.5. The molecule has 4 nitrogen and oxygen atoms in total. The smallest absolute Gasteiger partial charge is 0.309 e. The Kier molecular flexibility index (Phi) is 9.35. The van der Waals surface area contributed by atoms with Gasteiger partial charge in [0.05, 0.1) is 27.9 Å². The molecule has 2 aliphatic rings. The van der Waals surface area contributed by atoms with Gasteiger partial charge in [0, 0.05) is 48.5 Å². The second-order valence-corrected chi connectivity index (χ2v) is 16.8. The van der Waals surface area contributed by atoms with Gasteiger partial charge >= 0.3 is 12.4 Å². The zero-order valence-electron chi connectivity index (χ0n) is 33.5. The van der Waals surface area contributed by atoms with Crippen molar-refractivity contribution in [3.63, 3.8) is 0 Å². The van der Waals surface area contributed by atoms with Gasteiger partial charge < -0.3 is 4.57 Å². The lowest BCUT2D eigenvalue weighted by Crippen LogP contribution is -2.14. The van der Waals surface area contributed by atoms with E-state index in [9.17, 15) is 26.3 Å². The Labute approximate surface area is 365 Å². The first-order valence-corrected chi connectivity index (χ1v) is 21.3. The molecule has 11 rings (SSSR count). The highest BCUT2D eigenvalue weighted by molar-refractivity contribution is 7.17. The van der Waals surface area contributed by atoms with Crippen LogP contribution < -0.4 is 9.75 Å². The van der Waals surface area contributed by atoms with Gasteiger partial charge in [-0.2, -0.15) is 26.3 Å². The van der Waals surface area contributed by atoms with E-state index in [-0.39, 0.29) is 17.2 Å². The van der Waals surface area contributed by atoms with Crippen LogP contribution in [0.1, 0.15) is 28.9 Å². The Morgan fingerprint density at radius 2 is 1.27 bits per heavy atom. The maximum absolute atomic E-state index is 14.6. The minimum atomic E-state index is -5.06. The number of nitrogens with zero attached hydrogens (tertiary/aromatic N) is 4. The highest BCUT2D eigenvalue weighted by atomic mass is 32.1. The molecule has 0 bridgehead atoms. The lowest BCUT2D eigenvalue weighted by Gasteiger charge is -2.21. The maximum atomic E-state index is 14.6. The SMILES string of the molecule is FC(F)(F)c1ccc(-c2ccc3c4ccccc4n(C4=C(c5nc(-c6ccccc6)nc(-c6ccccc6)n5)CC(=c5cccc6sc7c(c56)CC=CC=7)C=C4)c3c2)c(C(F)(F)F)c1. The first-order chi connectivity index (χ1) is 31.0. The summed E-state index contributed by atoms with van der Waals surface area (Å²) < 4.78 is 89.6. The van der Waals surface area contributed by atoms with Crippen LogP contribution in [-0.4, -0.2) is 19.5 Å². The molecule has 0 saturated carbocycles. The van der Waals surface area contributed by atoms with E-state index in [0.29, 0.717) is 41.2 Å². The molecule has 9 aromatic rings. The number of halogens is 6. The standard InChI is InChI=1S/C53H32F6N4S/c54-52(55,56)35-24-26-36(42(30-35)53(57,58)59)34-22-25-39-38-16-7-9-19-43(38)63(45(39)29-34)44-27-23-33(37-18-11-21-47-48(37)40-17-8-10-20-46(40)64-47)28-41(44)51-61-49(31-12-3-1-4-13-31)60-50(62-51)32-14-5-2-6-15-32/h1-16,18-27,29-30H,17,28H2. The van der Waals surface area contributed by atoms with Crippen molar-refractivity contribution in [2.24, 2.45) is 0 Å². The van der Waals surface area contributed by atoms with Crippen molar-refractivity contribution < 1.29 is 26.3 Å². The summed E-state index contributed by atoms with van der Waals surface area (Å²) in [6.45, 7) is 0. The van der Waals surface area contributed by atoms with Crippen molar-refractivity contribution in [3.8, 4) is 33.9 Å². The Morgan fingerprint density at radius 3 is 1.98 bits per heavy atom. The predicted octanol–water partition coefficient (Wildman–Crippen LogP) is 13.3. The molecule has 0 spiro atoms. The van der Waals surface area contributed by atoms with Gasteiger partial charge in [-0.15, -0.1) is 11.3 Å². The third-order valence-electron chi connectivity index (χ3n) is 11.9. The summed E-state index contributed by atoms with van der Waals surface area (Å²) in [5.74, 6) is 1.36. The van der Waals surface area contributed by atoms with Crippen LogP contribution in [-0.2, 0) is 18.8 Å². The maximum Gasteiger partial charge on any atom is 0.417 e. The average molecular weight is 871 g/mol. The molecule has 0 saturated heterocycles. The normalized spacial score (nSPS) is 15.0. The van der Waals surface area contributed by atoms with Crippen molar-refractivity contribution in [2.75, 3.05) is 0 Å². The molecule has 0 fully saturated rings. The van der Waals surface area contributed by atoms with Gasteiger partial charge in [-0.05, 0) is 76.4 Å². The fourth-order valence-electron chi connectivity index (χ4n) is 8.93. The Hall–Kier alpha value is -7.37. The summed E-state index contributed by atoms with van der Waals surface area (Å²) in [6, 6.07) is 40.1. The van der Waals surface area contributed by atoms with Crippen LogP contribution in [0.4, 0.5) is 26.3 Å². The Bertz CT molecular complexity index is 3520. The number of alkyl halides is 6. The number of para-hydroxylation sites is 1. The van der Waals surface area contributed by atoms with Crippen molar-refractivity contribution in [1.82, 2.24) is 19.5 Å². The van der Waals surface area contributed by atoms with E-state index < -0.39 is 23.5 Å². The van der Waals surface area contributed by atoms with Crippen LogP contribution in [0.15, 0.2) is 164 Å². The monoisotopic (exact) mass is 870 g/mol. The van der Waals surface area contributed by atoms with Gasteiger partial charge in [0.2, 0.25) is 0 Å². The lowest BCUT2D eigenvalue weighted by atomic mass is 9.92. The van der Waals surface area contributed by atoms with Gasteiger partial charge in [0.1, 0.15) is 0 Å². The Morgan fingerprint density at radius 1 is 0.578 bits per heavy atom. The summed E-state index contributed by atoms with van der Waals surface area (Å²) in [7, 11) is 0. The van der Waals surface area contributed by atoms with E-state index in [2.05, 4.69) is 42.5 Å². The van der Waals surface area contributed by atoms with Gasteiger partial charge in [-0.25, -0.2) is 15.0 Å². The summed E-state index contributed by atoms with van der Waals surface area (Å²) in [4.78, 5) is 15.3. The molecular weight excluding hydrogens is 839 g/mol. The molecule has 11 heteroatoms. The number of hydrogen-bond donors (Lipinski definition) is 0. The van der Waals surface area contributed by atoms with E-state index in [1.54, 1.807) is 23.5 Å². The first kappa shape index (κ1) is 39.5. The van der Waals surface area contributed by atoms with Crippen molar-refractivity contribution in [3.05, 3.63) is 196 Å². The topological polar surface area (TPSA) is 43.6 Å². The molecule has 3 heterocycles. The molecule has 3 aromatic heterocycles. The molecule has 64 heavy (non-hydrogen) atoms. The lowest BCUT2D eigenvalue weighted by molar-refractivity contribution is -0.142. The Balaban J connectivity index is 1.21. The number of thiophene rings is 1. The van der Waals surface area contributed by atoms with Crippen molar-refractivity contribution in [1.29, 1.82) is 0 Å². The number of aromatic nitrogens is 4. The molecule has 0 atom stereocenters. The molecule has 0 aliphatic heterocycles. The van der Waals surface area contributed by atoms with Gasteiger partial charge in [0.15, 0.2) is 17.5 Å². The fourth-order valence-corrected chi connectivity index (χ4v) is 10.1. The van der Waals surface area contributed by atoms with E-state index in [1.807, 2.05) is 95.6 Å². The molecule has 0 amide bonds. The fraction of sp³-hybridized carbons (Fsp3) is 0.0755. The number of hydrogen-bond acceptors (Lipinski definition) is 4. The van der Waals surface area contributed by atoms with Crippen LogP contribution in [0.3, 0.4) is 0 Å². The molecule has 312 valence electrons. The zero-order valence-corrected chi connectivity index (χ0v) is 34.4. The molecule has 0 unspecified atom stereocenters. The number of benzene rings is 6. The number of rotatable bonds is 5. The second-order valence-electron chi connectivity index (χ2n) is 15.7. The van der Waals surface area contributed by atoms with Crippen LogP contribution in [0.25, 0.3) is 88.7 Å². The number of fused-ring (bicyclic) bond motifs is 6. The summed E-state index contributed by atoms with van der Waals surface area (Å²) in [6.07, 6.45) is 1.69. The molecule has 6 aromatic carbocycles. The molecular formula is C53H32F6N4S. The average Bonchev–Trinajstić information content (AvgIpc) is 3.87. The van der Waals surface area contributed by atoms with E-state index in [1.165, 1.54) is 26.2 Å². The molecule has 0 radical (unpaired) electrons. The highest BCUT2D eigenvalue weighted by Crippen LogP contribution is 2.44. The summed E-state index contributed by atoms with van der Waals surface area (Å²) in [5.41, 5.74) is 3.67. The van der Waals surface area contributed by atoms with E-state index in [0.717, 1.165) is 56.3 Å². The summed E-state index contributed by atoms with van der Waals surface area (Å²) >= 11 is 1.76. The molecule has 0 N–H and O–H groups in total. The van der Waals surface area contributed by atoms with E-state index >= 15 is 0 Å². The minimum Gasteiger partial charge on any atom is -0.309 e. The highest BCUT2D eigenvalue weighted by Gasteiger charge is 2.38.